The van der Waals surface area contributed by atoms with Gasteiger partial charge in [-0.05, 0) is 31.3 Å². The van der Waals surface area contributed by atoms with E-state index < -0.39 is 10.0 Å². The summed E-state index contributed by atoms with van der Waals surface area (Å²) < 4.78 is 25.1. The number of hydrogen-bond acceptors (Lipinski definition) is 4. The number of thioether (sulfide) groups is 1. The molecule has 0 unspecified atom stereocenters. The van der Waals surface area contributed by atoms with Gasteiger partial charge < -0.3 is 5.11 Å². The number of nitrogens with one attached hydrogen (secondary N) is 1. The molecule has 0 saturated heterocycles. The maximum Gasteiger partial charge on any atom is 0.211 e. The maximum absolute atomic E-state index is 11.3. The maximum atomic E-state index is 11.3. The van der Waals surface area contributed by atoms with Crippen molar-refractivity contribution in [2.24, 2.45) is 0 Å². The Morgan fingerprint density at radius 3 is 2.57 bits per heavy atom. The smallest absolute Gasteiger partial charge is 0.211 e. The van der Waals surface area contributed by atoms with E-state index in [9.17, 15) is 8.42 Å². The fraction of sp³-hybridized carbons (Fsp3) is 1.00. The van der Waals surface area contributed by atoms with Crippen molar-refractivity contribution in [1.29, 1.82) is 0 Å². The highest BCUT2D eigenvalue weighted by molar-refractivity contribution is 7.98. The summed E-state index contributed by atoms with van der Waals surface area (Å²) >= 11 is 1.71. The number of aliphatic hydroxyl groups excluding tert-OH is 1. The highest BCUT2D eigenvalue weighted by atomic mass is 32.2. The lowest BCUT2D eigenvalue weighted by atomic mass is 10.4. The Hall–Kier alpha value is 0.220. The normalized spacial score (nSPS) is 11.9. The number of hydrogen-bond donors (Lipinski definition) is 2. The molecule has 86 valence electrons. The van der Waals surface area contributed by atoms with Crippen molar-refractivity contribution in [3.05, 3.63) is 0 Å². The average molecular weight is 241 g/mol. The number of unbranched alkanes of at least 4 members (excludes halogenated alkanes) is 1. The SMILES string of the molecule is CSCCCNS(=O)(=O)CCCCO. The molecule has 14 heavy (non-hydrogen) atoms. The largest absolute Gasteiger partial charge is 0.396 e. The summed E-state index contributed by atoms with van der Waals surface area (Å²) in [7, 11) is -3.10. The van der Waals surface area contributed by atoms with Crippen LogP contribution in [0.5, 0.6) is 0 Å². The van der Waals surface area contributed by atoms with E-state index in [2.05, 4.69) is 4.72 Å². The summed E-state index contributed by atoms with van der Waals surface area (Å²) in [4.78, 5) is 0. The van der Waals surface area contributed by atoms with Crippen LogP contribution in [0.4, 0.5) is 0 Å². The lowest BCUT2D eigenvalue weighted by molar-refractivity contribution is 0.287. The Balaban J connectivity index is 3.52. The fourth-order valence-corrected chi connectivity index (χ4v) is 2.54. The van der Waals surface area contributed by atoms with Gasteiger partial charge in [-0.25, -0.2) is 13.1 Å². The summed E-state index contributed by atoms with van der Waals surface area (Å²) in [5.41, 5.74) is 0. The monoisotopic (exact) mass is 241 g/mol. The van der Waals surface area contributed by atoms with Gasteiger partial charge in [-0.1, -0.05) is 0 Å². The van der Waals surface area contributed by atoms with Crippen molar-refractivity contribution >= 4 is 21.8 Å². The molecular formula is C8H19NO3S2. The summed E-state index contributed by atoms with van der Waals surface area (Å²) in [5, 5.41) is 8.49. The lowest BCUT2D eigenvalue weighted by Crippen LogP contribution is -2.27. The molecule has 2 N–H and O–H groups in total. The zero-order valence-electron chi connectivity index (χ0n) is 8.53. The minimum Gasteiger partial charge on any atom is -0.396 e. The Morgan fingerprint density at radius 1 is 1.29 bits per heavy atom. The minimum absolute atomic E-state index is 0.0575. The zero-order chi connectivity index (χ0) is 10.9. The van der Waals surface area contributed by atoms with E-state index in [1.54, 1.807) is 11.8 Å². The van der Waals surface area contributed by atoms with Crippen LogP contribution in [0, 0.1) is 0 Å². The average Bonchev–Trinajstić information content (AvgIpc) is 2.13. The first kappa shape index (κ1) is 14.2. The second-order valence-corrected chi connectivity index (χ2v) is 5.90. The van der Waals surface area contributed by atoms with Crippen LogP contribution in [-0.4, -0.2) is 44.4 Å². The van der Waals surface area contributed by atoms with Gasteiger partial charge in [0, 0.05) is 13.2 Å². The van der Waals surface area contributed by atoms with Gasteiger partial charge in [0.2, 0.25) is 10.0 Å². The molecule has 0 aliphatic carbocycles. The number of rotatable bonds is 9. The van der Waals surface area contributed by atoms with Crippen molar-refractivity contribution in [2.45, 2.75) is 19.3 Å². The van der Waals surface area contributed by atoms with Crippen LogP contribution >= 0.6 is 11.8 Å². The third-order valence-corrected chi connectivity index (χ3v) is 3.84. The van der Waals surface area contributed by atoms with E-state index in [-0.39, 0.29) is 12.4 Å². The molecule has 4 nitrogen and oxygen atoms in total. The molecule has 0 spiro atoms. The van der Waals surface area contributed by atoms with Gasteiger partial charge >= 0.3 is 0 Å². The number of aliphatic hydroxyl groups is 1. The molecule has 0 aliphatic heterocycles. The molecule has 0 saturated carbocycles. The van der Waals surface area contributed by atoms with Crippen molar-refractivity contribution < 1.29 is 13.5 Å². The Bertz CT molecular complexity index is 217. The highest BCUT2D eigenvalue weighted by Crippen LogP contribution is 1.96. The first-order chi connectivity index (χ1) is 6.62. The van der Waals surface area contributed by atoms with Gasteiger partial charge in [-0.2, -0.15) is 11.8 Å². The first-order valence-electron chi connectivity index (χ1n) is 4.69. The standard InChI is InChI=1S/C8H19NO3S2/c1-13-7-4-5-9-14(11,12)8-3-2-6-10/h9-10H,2-8H2,1H3. The molecule has 6 heteroatoms. The summed E-state index contributed by atoms with van der Waals surface area (Å²) in [6.07, 6.45) is 3.93. The van der Waals surface area contributed by atoms with E-state index in [4.69, 9.17) is 5.11 Å². The predicted octanol–water partition coefficient (Wildman–Crippen LogP) is 0.431. The van der Waals surface area contributed by atoms with Crippen LogP contribution in [0.1, 0.15) is 19.3 Å². The minimum atomic E-state index is -3.10. The third-order valence-electron chi connectivity index (χ3n) is 1.67. The van der Waals surface area contributed by atoms with Crippen molar-refractivity contribution in [3.8, 4) is 0 Å². The fourth-order valence-electron chi connectivity index (χ4n) is 0.920. The molecule has 0 radical (unpaired) electrons. The first-order valence-corrected chi connectivity index (χ1v) is 7.74. The molecule has 0 heterocycles. The molecule has 0 atom stereocenters. The molecule has 0 aromatic heterocycles. The van der Waals surface area contributed by atoms with Crippen molar-refractivity contribution in [2.75, 3.05) is 30.9 Å². The quantitative estimate of drug-likeness (QED) is 0.575. The van der Waals surface area contributed by atoms with Gasteiger partial charge in [0.15, 0.2) is 0 Å². The highest BCUT2D eigenvalue weighted by Gasteiger charge is 2.07. The molecule has 0 aromatic carbocycles. The zero-order valence-corrected chi connectivity index (χ0v) is 10.2. The molecule has 0 bridgehead atoms. The van der Waals surface area contributed by atoms with Crippen LogP contribution in [-0.2, 0) is 10.0 Å². The number of sulfonamides is 1. The van der Waals surface area contributed by atoms with E-state index in [0.29, 0.717) is 19.4 Å². The van der Waals surface area contributed by atoms with Crippen molar-refractivity contribution in [1.82, 2.24) is 4.72 Å². The predicted molar refractivity (Wildman–Crippen MR) is 61.1 cm³/mol. The van der Waals surface area contributed by atoms with Crippen LogP contribution in [0.3, 0.4) is 0 Å². The van der Waals surface area contributed by atoms with E-state index in [1.807, 2.05) is 6.26 Å². The second-order valence-electron chi connectivity index (χ2n) is 2.99. The van der Waals surface area contributed by atoms with Gasteiger partial charge in [-0.3, -0.25) is 0 Å². The van der Waals surface area contributed by atoms with Gasteiger partial charge in [-0.15, -0.1) is 0 Å². The molecule has 0 rings (SSSR count). The Kier molecular flexibility index (Phi) is 8.66. The van der Waals surface area contributed by atoms with Gasteiger partial charge in [0.25, 0.3) is 0 Å². The van der Waals surface area contributed by atoms with Gasteiger partial charge in [0.1, 0.15) is 0 Å². The molecule has 0 aromatic rings. The topological polar surface area (TPSA) is 66.4 Å². The Labute approximate surface area is 90.5 Å². The lowest BCUT2D eigenvalue weighted by Gasteiger charge is -2.05. The van der Waals surface area contributed by atoms with E-state index in [1.165, 1.54) is 0 Å². The van der Waals surface area contributed by atoms with Crippen LogP contribution in [0.15, 0.2) is 0 Å². The summed E-state index contributed by atoms with van der Waals surface area (Å²) in [5.74, 6) is 1.09. The summed E-state index contributed by atoms with van der Waals surface area (Å²) in [6, 6.07) is 0. The third kappa shape index (κ3) is 8.80. The molecular weight excluding hydrogens is 222 g/mol. The van der Waals surface area contributed by atoms with Gasteiger partial charge in [0.05, 0.1) is 5.75 Å². The second kappa shape index (κ2) is 8.52. The molecule has 0 fully saturated rings. The molecule has 0 amide bonds. The van der Waals surface area contributed by atoms with E-state index >= 15 is 0 Å². The van der Waals surface area contributed by atoms with E-state index in [0.717, 1.165) is 12.2 Å². The van der Waals surface area contributed by atoms with Crippen LogP contribution in [0.25, 0.3) is 0 Å². The molecule has 0 aliphatic rings. The Morgan fingerprint density at radius 2 is 2.00 bits per heavy atom. The van der Waals surface area contributed by atoms with Crippen molar-refractivity contribution in [3.63, 3.8) is 0 Å². The summed E-state index contributed by atoms with van der Waals surface area (Å²) in [6.45, 7) is 0.574. The van der Waals surface area contributed by atoms with Crippen LogP contribution < -0.4 is 4.72 Å². The van der Waals surface area contributed by atoms with Crippen LogP contribution in [0.2, 0.25) is 0 Å².